The molecule has 1 aliphatic rings. The van der Waals surface area contributed by atoms with Crippen LogP contribution in [0, 0.1) is 23.7 Å². The summed E-state index contributed by atoms with van der Waals surface area (Å²) in [6.07, 6.45) is 7.18. The molecule has 0 aliphatic carbocycles. The van der Waals surface area contributed by atoms with Crippen LogP contribution in [0.4, 0.5) is 4.79 Å². The maximum atomic E-state index is 10.8. The molecule has 0 atom stereocenters. The van der Waals surface area contributed by atoms with Gasteiger partial charge in [0.1, 0.15) is 6.07 Å². The van der Waals surface area contributed by atoms with Gasteiger partial charge in [-0.25, -0.2) is 4.79 Å². The Morgan fingerprint density at radius 2 is 2.22 bits per heavy atom. The second-order valence-electron chi connectivity index (χ2n) is 4.11. The maximum absolute atomic E-state index is 10.8. The Labute approximate surface area is 104 Å². The van der Waals surface area contributed by atoms with Gasteiger partial charge in [-0.2, -0.15) is 10.4 Å². The average Bonchev–Trinajstić information content (AvgIpc) is 2.81. The normalized spacial score (nSPS) is 16.0. The van der Waals surface area contributed by atoms with Crippen LogP contribution in [0.5, 0.6) is 0 Å². The van der Waals surface area contributed by atoms with E-state index in [0.717, 1.165) is 0 Å². The van der Waals surface area contributed by atoms with Crippen LogP contribution in [0.2, 0.25) is 0 Å². The number of likely N-dealkylation sites (tertiary alicyclic amines) is 1. The predicted octanol–water partition coefficient (Wildman–Crippen LogP) is 1.05. The molecule has 1 aromatic rings. The van der Waals surface area contributed by atoms with E-state index in [9.17, 15) is 4.79 Å². The first-order chi connectivity index (χ1) is 8.67. The van der Waals surface area contributed by atoms with Crippen molar-refractivity contribution in [2.24, 2.45) is 0 Å². The first-order valence-electron chi connectivity index (χ1n) is 5.59. The van der Waals surface area contributed by atoms with E-state index >= 15 is 0 Å². The summed E-state index contributed by atoms with van der Waals surface area (Å²) < 4.78 is 1.62. The van der Waals surface area contributed by atoms with E-state index in [1.165, 1.54) is 11.1 Å². The molecule has 92 valence electrons. The summed E-state index contributed by atoms with van der Waals surface area (Å²) in [5.74, 6) is 2.42. The fraction of sp³-hybridized carbons (Fsp3) is 0.417. The number of nitriles is 1. The van der Waals surface area contributed by atoms with Crippen molar-refractivity contribution in [3.63, 3.8) is 0 Å². The number of nitrogens with zero attached hydrogens (tertiary/aromatic N) is 4. The molecule has 0 aromatic carbocycles. The molecule has 1 aromatic heterocycles. The van der Waals surface area contributed by atoms with Gasteiger partial charge in [-0.1, -0.05) is 5.92 Å². The van der Waals surface area contributed by atoms with Gasteiger partial charge >= 0.3 is 6.09 Å². The molecule has 18 heavy (non-hydrogen) atoms. The smallest absolute Gasteiger partial charge is 0.407 e. The standard InChI is InChI=1S/C12H12N4O2/c1-2-9-8-14-16(11(9)7-13)10-3-5-15(6-4-10)12(17)18/h1,8,10H,3-6H2,(H,17,18). The Morgan fingerprint density at radius 3 is 2.72 bits per heavy atom. The molecule has 1 N–H and O–H groups in total. The molecule has 0 unspecified atom stereocenters. The van der Waals surface area contributed by atoms with Gasteiger partial charge in [0, 0.05) is 13.1 Å². The molecule has 0 bridgehead atoms. The van der Waals surface area contributed by atoms with Crippen molar-refractivity contribution in [2.45, 2.75) is 18.9 Å². The molecule has 1 amide bonds. The van der Waals surface area contributed by atoms with E-state index in [2.05, 4.69) is 17.1 Å². The number of terminal acetylenes is 1. The maximum Gasteiger partial charge on any atom is 0.407 e. The lowest BCUT2D eigenvalue weighted by Crippen LogP contribution is -2.38. The van der Waals surface area contributed by atoms with Crippen LogP contribution >= 0.6 is 0 Å². The molecule has 2 rings (SSSR count). The lowest BCUT2D eigenvalue weighted by Gasteiger charge is -2.30. The van der Waals surface area contributed by atoms with Crippen molar-refractivity contribution in [2.75, 3.05) is 13.1 Å². The summed E-state index contributed by atoms with van der Waals surface area (Å²) in [4.78, 5) is 12.2. The molecule has 0 spiro atoms. The van der Waals surface area contributed by atoms with Crippen molar-refractivity contribution in [3.05, 3.63) is 17.5 Å². The SMILES string of the molecule is C#Cc1cnn(C2CCN(C(=O)O)CC2)c1C#N. The fourth-order valence-electron chi connectivity index (χ4n) is 2.16. The lowest BCUT2D eigenvalue weighted by atomic mass is 10.1. The third-order valence-corrected chi connectivity index (χ3v) is 3.14. The zero-order valence-corrected chi connectivity index (χ0v) is 9.70. The van der Waals surface area contributed by atoms with Crippen LogP contribution in [0.3, 0.4) is 0 Å². The minimum Gasteiger partial charge on any atom is -0.465 e. The van der Waals surface area contributed by atoms with Crippen molar-refractivity contribution in [1.29, 1.82) is 5.26 Å². The summed E-state index contributed by atoms with van der Waals surface area (Å²) >= 11 is 0. The van der Waals surface area contributed by atoms with E-state index in [0.29, 0.717) is 37.2 Å². The van der Waals surface area contributed by atoms with E-state index in [4.69, 9.17) is 16.8 Å². The molecule has 0 saturated carbocycles. The highest BCUT2D eigenvalue weighted by Crippen LogP contribution is 2.24. The lowest BCUT2D eigenvalue weighted by molar-refractivity contribution is 0.123. The number of carboxylic acid groups (broad SMARTS) is 1. The first-order valence-corrected chi connectivity index (χ1v) is 5.59. The van der Waals surface area contributed by atoms with E-state index in [-0.39, 0.29) is 6.04 Å². The summed E-state index contributed by atoms with van der Waals surface area (Å²) in [6, 6.07) is 2.09. The highest BCUT2D eigenvalue weighted by atomic mass is 16.4. The monoisotopic (exact) mass is 244 g/mol. The topological polar surface area (TPSA) is 82.2 Å². The fourth-order valence-corrected chi connectivity index (χ4v) is 2.16. The highest BCUT2D eigenvalue weighted by molar-refractivity contribution is 5.65. The zero-order chi connectivity index (χ0) is 13.1. The van der Waals surface area contributed by atoms with Crippen LogP contribution in [-0.2, 0) is 0 Å². The van der Waals surface area contributed by atoms with E-state index < -0.39 is 6.09 Å². The Bertz CT molecular complexity index is 541. The Balaban J connectivity index is 2.16. The van der Waals surface area contributed by atoms with Crippen LogP contribution in [-0.4, -0.2) is 39.0 Å². The number of aromatic nitrogens is 2. The largest absolute Gasteiger partial charge is 0.465 e. The minimum absolute atomic E-state index is 0.0392. The van der Waals surface area contributed by atoms with Crippen LogP contribution in [0.15, 0.2) is 6.20 Å². The predicted molar refractivity (Wildman–Crippen MR) is 62.7 cm³/mol. The average molecular weight is 244 g/mol. The van der Waals surface area contributed by atoms with Gasteiger partial charge < -0.3 is 10.0 Å². The van der Waals surface area contributed by atoms with Gasteiger partial charge in [-0.05, 0) is 12.8 Å². The van der Waals surface area contributed by atoms with Gasteiger partial charge in [0.25, 0.3) is 0 Å². The molecule has 6 heteroatoms. The number of hydrogen-bond donors (Lipinski definition) is 1. The second kappa shape index (κ2) is 4.80. The van der Waals surface area contributed by atoms with Crippen molar-refractivity contribution in [3.8, 4) is 18.4 Å². The Hall–Kier alpha value is -2.47. The molecular weight excluding hydrogens is 232 g/mol. The Kier molecular flexibility index (Phi) is 3.20. The highest BCUT2D eigenvalue weighted by Gasteiger charge is 2.25. The van der Waals surface area contributed by atoms with Crippen LogP contribution < -0.4 is 0 Å². The number of rotatable bonds is 1. The van der Waals surface area contributed by atoms with E-state index in [1.54, 1.807) is 4.68 Å². The third-order valence-electron chi connectivity index (χ3n) is 3.14. The molecule has 0 radical (unpaired) electrons. The van der Waals surface area contributed by atoms with Gasteiger partial charge in [-0.15, -0.1) is 6.42 Å². The van der Waals surface area contributed by atoms with Crippen molar-refractivity contribution < 1.29 is 9.90 Å². The van der Waals surface area contributed by atoms with Gasteiger partial charge in [0.2, 0.25) is 0 Å². The third kappa shape index (κ3) is 2.01. The van der Waals surface area contributed by atoms with E-state index in [1.807, 2.05) is 0 Å². The van der Waals surface area contributed by atoms with Crippen molar-refractivity contribution >= 4 is 6.09 Å². The molecule has 1 saturated heterocycles. The molecule has 1 fully saturated rings. The minimum atomic E-state index is -0.904. The molecule has 6 nitrogen and oxygen atoms in total. The Morgan fingerprint density at radius 1 is 1.56 bits per heavy atom. The van der Waals surface area contributed by atoms with Gasteiger partial charge in [-0.3, -0.25) is 4.68 Å². The first kappa shape index (κ1) is 12.0. The van der Waals surface area contributed by atoms with Crippen molar-refractivity contribution in [1.82, 2.24) is 14.7 Å². The molecule has 2 heterocycles. The number of carbonyl (C=O) groups is 1. The molecular formula is C12H12N4O2. The second-order valence-corrected chi connectivity index (χ2v) is 4.11. The molecule has 1 aliphatic heterocycles. The summed E-state index contributed by atoms with van der Waals surface area (Å²) in [6.45, 7) is 0.909. The zero-order valence-electron chi connectivity index (χ0n) is 9.70. The quantitative estimate of drug-likeness (QED) is 0.748. The summed E-state index contributed by atoms with van der Waals surface area (Å²) in [5.41, 5.74) is 0.865. The van der Waals surface area contributed by atoms with Crippen LogP contribution in [0.25, 0.3) is 0 Å². The number of piperidine rings is 1. The van der Waals surface area contributed by atoms with Gasteiger partial charge in [0.15, 0.2) is 5.69 Å². The summed E-state index contributed by atoms with van der Waals surface area (Å²) in [7, 11) is 0. The van der Waals surface area contributed by atoms with Gasteiger partial charge in [0.05, 0.1) is 17.8 Å². The van der Waals surface area contributed by atoms with Crippen LogP contribution in [0.1, 0.15) is 30.1 Å². The number of amides is 1. The number of hydrogen-bond acceptors (Lipinski definition) is 3. The summed E-state index contributed by atoms with van der Waals surface area (Å²) in [5, 5.41) is 22.1.